The summed E-state index contributed by atoms with van der Waals surface area (Å²) in [5.74, 6) is -0.595. The van der Waals surface area contributed by atoms with E-state index in [1.807, 2.05) is 13.8 Å². The van der Waals surface area contributed by atoms with Gasteiger partial charge in [0.2, 0.25) is 0 Å². The van der Waals surface area contributed by atoms with Crippen LogP contribution in [0.2, 0.25) is 0 Å². The van der Waals surface area contributed by atoms with Gasteiger partial charge in [0.05, 0.1) is 0 Å². The molecule has 6 heteroatoms. The zero-order chi connectivity index (χ0) is 13.5. The van der Waals surface area contributed by atoms with Crippen molar-refractivity contribution in [3.8, 4) is 5.75 Å². The summed E-state index contributed by atoms with van der Waals surface area (Å²) in [6.07, 6.45) is 0. The van der Waals surface area contributed by atoms with Gasteiger partial charge in [-0.15, -0.1) is 12.4 Å². The number of carbonyl (C=O) groups excluding carboxylic acids is 1. The number of nitrogens with two attached hydrogens (primary N) is 1. The maximum atomic E-state index is 13.7. The van der Waals surface area contributed by atoms with Crippen LogP contribution >= 0.6 is 12.4 Å². The van der Waals surface area contributed by atoms with Gasteiger partial charge in [0, 0.05) is 25.2 Å². The lowest BCUT2D eigenvalue weighted by Crippen LogP contribution is -2.30. The molecule has 0 spiro atoms. The Kier molecular flexibility index (Phi) is 8.11. The van der Waals surface area contributed by atoms with E-state index in [0.717, 1.165) is 0 Å². The Morgan fingerprint density at radius 1 is 1.37 bits per heavy atom. The fourth-order valence-corrected chi connectivity index (χ4v) is 1.61. The minimum atomic E-state index is -0.540. The first-order valence-corrected chi connectivity index (χ1v) is 6.05. The number of benzene rings is 1. The summed E-state index contributed by atoms with van der Waals surface area (Å²) in [5, 5.41) is 0. The Bertz CT molecular complexity index is 412. The predicted octanol–water partition coefficient (Wildman–Crippen LogP) is 2.07. The quantitative estimate of drug-likeness (QED) is 0.872. The molecule has 0 bridgehead atoms. The van der Waals surface area contributed by atoms with Crippen molar-refractivity contribution in [1.82, 2.24) is 4.90 Å². The van der Waals surface area contributed by atoms with E-state index >= 15 is 0 Å². The molecule has 0 saturated carbocycles. The molecule has 0 aliphatic carbocycles. The normalized spacial score (nSPS) is 9.68. The Morgan fingerprint density at radius 2 is 2.00 bits per heavy atom. The molecule has 1 aromatic carbocycles. The minimum absolute atomic E-state index is 0. The van der Waals surface area contributed by atoms with Crippen LogP contribution in [0.4, 0.5) is 4.39 Å². The van der Waals surface area contributed by atoms with Gasteiger partial charge >= 0.3 is 0 Å². The summed E-state index contributed by atoms with van der Waals surface area (Å²) in [6.45, 7) is 5.54. The van der Waals surface area contributed by atoms with Crippen LogP contribution < -0.4 is 10.5 Å². The summed E-state index contributed by atoms with van der Waals surface area (Å²) in [5.41, 5.74) is 5.60. The number of amides is 1. The molecule has 0 aliphatic heterocycles. The van der Waals surface area contributed by atoms with Crippen LogP contribution in [0.3, 0.4) is 0 Å². The van der Waals surface area contributed by atoms with Gasteiger partial charge in [0.1, 0.15) is 6.61 Å². The van der Waals surface area contributed by atoms with Gasteiger partial charge in [-0.05, 0) is 32.0 Å². The van der Waals surface area contributed by atoms with E-state index in [0.29, 0.717) is 25.2 Å². The third-order valence-electron chi connectivity index (χ3n) is 2.60. The molecule has 0 atom stereocenters. The topological polar surface area (TPSA) is 55.6 Å². The molecule has 108 valence electrons. The number of carbonyl (C=O) groups is 1. The third kappa shape index (κ3) is 4.69. The molecule has 0 unspecified atom stereocenters. The summed E-state index contributed by atoms with van der Waals surface area (Å²) >= 11 is 0. The van der Waals surface area contributed by atoms with Crippen molar-refractivity contribution in [3.05, 3.63) is 29.6 Å². The van der Waals surface area contributed by atoms with E-state index in [-0.39, 0.29) is 30.7 Å². The van der Waals surface area contributed by atoms with Crippen LogP contribution in [0.25, 0.3) is 0 Å². The monoisotopic (exact) mass is 290 g/mol. The zero-order valence-corrected chi connectivity index (χ0v) is 12.0. The van der Waals surface area contributed by atoms with E-state index in [1.165, 1.54) is 12.1 Å². The molecule has 2 N–H and O–H groups in total. The molecule has 0 saturated heterocycles. The van der Waals surface area contributed by atoms with E-state index in [9.17, 15) is 9.18 Å². The Labute approximate surface area is 119 Å². The van der Waals surface area contributed by atoms with Crippen LogP contribution in [-0.2, 0) is 0 Å². The standard InChI is InChI=1S/C13H19FN2O2.ClH/c1-3-16(4-2)13(17)10-5-6-12(11(14)9-10)18-8-7-15;/h5-6,9H,3-4,7-8,15H2,1-2H3;1H. The fourth-order valence-electron chi connectivity index (χ4n) is 1.61. The first kappa shape index (κ1) is 17.7. The molecular formula is C13H20ClFN2O2. The Hall–Kier alpha value is -1.33. The number of nitrogens with zero attached hydrogens (tertiary/aromatic N) is 1. The first-order chi connectivity index (χ1) is 8.63. The van der Waals surface area contributed by atoms with Crippen LogP contribution in [-0.4, -0.2) is 37.0 Å². The number of hydrogen-bond donors (Lipinski definition) is 1. The summed E-state index contributed by atoms with van der Waals surface area (Å²) in [7, 11) is 0. The molecule has 0 fully saturated rings. The van der Waals surface area contributed by atoms with Crippen molar-refractivity contribution in [2.75, 3.05) is 26.2 Å². The van der Waals surface area contributed by atoms with Crippen molar-refractivity contribution in [2.45, 2.75) is 13.8 Å². The van der Waals surface area contributed by atoms with Gasteiger partial charge in [0.25, 0.3) is 5.91 Å². The largest absolute Gasteiger partial charge is 0.489 e. The van der Waals surface area contributed by atoms with Crippen molar-refractivity contribution >= 4 is 18.3 Å². The van der Waals surface area contributed by atoms with Crippen LogP contribution in [0.15, 0.2) is 18.2 Å². The first-order valence-electron chi connectivity index (χ1n) is 6.05. The second-order valence-electron chi connectivity index (χ2n) is 3.76. The molecule has 0 radical (unpaired) electrons. The highest BCUT2D eigenvalue weighted by Crippen LogP contribution is 2.19. The summed E-state index contributed by atoms with van der Waals surface area (Å²) < 4.78 is 18.8. The third-order valence-corrected chi connectivity index (χ3v) is 2.60. The highest BCUT2D eigenvalue weighted by Gasteiger charge is 2.14. The second kappa shape index (κ2) is 8.72. The van der Waals surface area contributed by atoms with E-state index in [1.54, 1.807) is 11.0 Å². The van der Waals surface area contributed by atoms with Crippen LogP contribution in [0, 0.1) is 5.82 Å². The lowest BCUT2D eigenvalue weighted by molar-refractivity contribution is 0.0772. The lowest BCUT2D eigenvalue weighted by atomic mass is 10.2. The Balaban J connectivity index is 0.00000324. The van der Waals surface area contributed by atoms with E-state index in [4.69, 9.17) is 10.5 Å². The molecule has 0 aliphatic rings. The van der Waals surface area contributed by atoms with Gasteiger partial charge in [-0.2, -0.15) is 0 Å². The van der Waals surface area contributed by atoms with E-state index < -0.39 is 5.82 Å². The molecule has 19 heavy (non-hydrogen) atoms. The predicted molar refractivity (Wildman–Crippen MR) is 75.4 cm³/mol. The van der Waals surface area contributed by atoms with Gasteiger partial charge < -0.3 is 15.4 Å². The minimum Gasteiger partial charge on any atom is -0.489 e. The second-order valence-corrected chi connectivity index (χ2v) is 3.76. The summed E-state index contributed by atoms with van der Waals surface area (Å²) in [4.78, 5) is 13.6. The highest BCUT2D eigenvalue weighted by atomic mass is 35.5. The Morgan fingerprint density at radius 3 is 2.47 bits per heavy atom. The van der Waals surface area contributed by atoms with Gasteiger partial charge in [-0.1, -0.05) is 0 Å². The van der Waals surface area contributed by atoms with Crippen molar-refractivity contribution < 1.29 is 13.9 Å². The lowest BCUT2D eigenvalue weighted by Gasteiger charge is -2.18. The van der Waals surface area contributed by atoms with Crippen LogP contribution in [0.5, 0.6) is 5.75 Å². The van der Waals surface area contributed by atoms with Crippen molar-refractivity contribution in [2.24, 2.45) is 5.73 Å². The molecule has 1 aromatic rings. The number of ether oxygens (including phenoxy) is 1. The average Bonchev–Trinajstić information content (AvgIpc) is 2.38. The maximum Gasteiger partial charge on any atom is 0.253 e. The van der Waals surface area contributed by atoms with Crippen molar-refractivity contribution in [3.63, 3.8) is 0 Å². The average molecular weight is 291 g/mol. The molecule has 0 aromatic heterocycles. The number of rotatable bonds is 6. The van der Waals surface area contributed by atoms with Gasteiger partial charge in [-0.25, -0.2) is 4.39 Å². The molecule has 1 amide bonds. The summed E-state index contributed by atoms with van der Waals surface area (Å²) in [6, 6.07) is 4.23. The smallest absolute Gasteiger partial charge is 0.253 e. The number of hydrogen-bond acceptors (Lipinski definition) is 3. The van der Waals surface area contributed by atoms with E-state index in [2.05, 4.69) is 0 Å². The van der Waals surface area contributed by atoms with Gasteiger partial charge in [0.15, 0.2) is 11.6 Å². The molecule has 1 rings (SSSR count). The molecule has 0 heterocycles. The van der Waals surface area contributed by atoms with Gasteiger partial charge in [-0.3, -0.25) is 4.79 Å². The molecular weight excluding hydrogens is 271 g/mol. The zero-order valence-electron chi connectivity index (χ0n) is 11.2. The van der Waals surface area contributed by atoms with Crippen molar-refractivity contribution in [1.29, 1.82) is 0 Å². The fraction of sp³-hybridized carbons (Fsp3) is 0.462. The number of halogens is 2. The molecule has 4 nitrogen and oxygen atoms in total. The highest BCUT2D eigenvalue weighted by molar-refractivity contribution is 5.94. The maximum absolute atomic E-state index is 13.7. The SMILES string of the molecule is CCN(CC)C(=O)c1ccc(OCCN)c(F)c1.Cl. The van der Waals surface area contributed by atoms with Crippen LogP contribution in [0.1, 0.15) is 24.2 Å².